The van der Waals surface area contributed by atoms with E-state index in [2.05, 4.69) is 5.32 Å². The second-order valence-corrected chi connectivity index (χ2v) is 6.87. The van der Waals surface area contributed by atoms with Crippen molar-refractivity contribution in [1.29, 1.82) is 0 Å². The Morgan fingerprint density at radius 3 is 2.44 bits per heavy atom. The molecule has 2 N–H and O–H groups in total. The van der Waals surface area contributed by atoms with Crippen LogP contribution in [-0.4, -0.2) is 44.1 Å². The third-order valence-corrected chi connectivity index (χ3v) is 4.99. The van der Waals surface area contributed by atoms with Crippen molar-refractivity contribution in [3.05, 3.63) is 24.3 Å². The number of hydrogen-bond donors (Lipinski definition) is 2. The zero-order valence-corrected chi connectivity index (χ0v) is 11.3. The molecule has 100 valence electrons. The second kappa shape index (κ2) is 4.87. The van der Waals surface area contributed by atoms with E-state index in [4.69, 9.17) is 0 Å². The van der Waals surface area contributed by atoms with Gasteiger partial charge in [-0.2, -0.15) is 0 Å². The van der Waals surface area contributed by atoms with E-state index in [1.54, 1.807) is 24.3 Å². The van der Waals surface area contributed by atoms with Crippen LogP contribution in [0.15, 0.2) is 29.2 Å². The van der Waals surface area contributed by atoms with Gasteiger partial charge in [-0.3, -0.25) is 0 Å². The highest BCUT2D eigenvalue weighted by Crippen LogP contribution is 2.28. The van der Waals surface area contributed by atoms with Crippen molar-refractivity contribution >= 4 is 15.7 Å². The molecular weight excluding hydrogens is 252 g/mol. The summed E-state index contributed by atoms with van der Waals surface area (Å²) in [6.45, 7) is 0. The number of para-hydroxylation sites is 1. The fraction of sp³-hybridized carbons (Fsp3) is 0.500. The molecule has 1 aromatic rings. The van der Waals surface area contributed by atoms with Gasteiger partial charge in [0.1, 0.15) is 4.90 Å². The molecule has 0 atom stereocenters. The van der Waals surface area contributed by atoms with Gasteiger partial charge in [0.25, 0.3) is 0 Å². The Morgan fingerprint density at radius 1 is 1.28 bits per heavy atom. The number of nitrogens with zero attached hydrogens (tertiary/aromatic N) is 1. The van der Waals surface area contributed by atoms with Crippen LogP contribution in [0.5, 0.6) is 0 Å². The van der Waals surface area contributed by atoms with Gasteiger partial charge in [0.15, 0.2) is 0 Å². The summed E-state index contributed by atoms with van der Waals surface area (Å²) in [5, 5.41) is 12.4. The van der Waals surface area contributed by atoms with Crippen molar-refractivity contribution in [3.8, 4) is 0 Å². The largest absolute Gasteiger partial charge is 0.393 e. The maximum absolute atomic E-state index is 12.1. The lowest BCUT2D eigenvalue weighted by molar-refractivity contribution is 0.0836. The lowest BCUT2D eigenvalue weighted by atomic mass is 9.89. The van der Waals surface area contributed by atoms with Crippen molar-refractivity contribution in [3.63, 3.8) is 0 Å². The van der Waals surface area contributed by atoms with Gasteiger partial charge < -0.3 is 10.4 Å². The van der Waals surface area contributed by atoms with Gasteiger partial charge >= 0.3 is 0 Å². The fourth-order valence-electron chi connectivity index (χ4n) is 1.93. The molecule has 0 radical (unpaired) electrons. The van der Waals surface area contributed by atoms with E-state index in [-0.39, 0.29) is 17.0 Å². The molecule has 1 aliphatic rings. The minimum Gasteiger partial charge on any atom is -0.393 e. The van der Waals surface area contributed by atoms with Crippen LogP contribution in [0.2, 0.25) is 0 Å². The molecule has 2 rings (SSSR count). The third kappa shape index (κ3) is 2.50. The molecule has 0 aromatic heterocycles. The Kier molecular flexibility index (Phi) is 3.61. The van der Waals surface area contributed by atoms with E-state index in [1.165, 1.54) is 18.4 Å². The topological polar surface area (TPSA) is 69.6 Å². The number of rotatable bonds is 4. The number of aliphatic hydroxyl groups excluding tert-OH is 1. The van der Waals surface area contributed by atoms with Gasteiger partial charge in [-0.05, 0) is 25.0 Å². The average Bonchev–Trinajstić information content (AvgIpc) is 2.27. The first-order valence-electron chi connectivity index (χ1n) is 5.87. The summed E-state index contributed by atoms with van der Waals surface area (Å²) in [7, 11) is -0.416. The minimum absolute atomic E-state index is 0.151. The normalized spacial score (nSPS) is 23.8. The van der Waals surface area contributed by atoms with Crippen LogP contribution in [0.4, 0.5) is 5.69 Å². The van der Waals surface area contributed by atoms with E-state index in [9.17, 15) is 13.5 Å². The van der Waals surface area contributed by atoms with Crippen LogP contribution in [0, 0.1) is 0 Å². The van der Waals surface area contributed by atoms with Crippen LogP contribution in [0.3, 0.4) is 0 Å². The van der Waals surface area contributed by atoms with Crippen LogP contribution in [-0.2, 0) is 10.0 Å². The SMILES string of the molecule is CN(C)S(=O)(=O)c1ccccc1NC1CC(O)C1. The number of aliphatic hydroxyl groups is 1. The molecule has 0 spiro atoms. The van der Waals surface area contributed by atoms with Gasteiger partial charge in [0.05, 0.1) is 11.8 Å². The van der Waals surface area contributed by atoms with E-state index in [0.717, 1.165) is 0 Å². The summed E-state index contributed by atoms with van der Waals surface area (Å²) in [5.74, 6) is 0. The molecule has 6 heteroatoms. The molecule has 5 nitrogen and oxygen atoms in total. The standard InChI is InChI=1S/C12H18N2O3S/c1-14(2)18(16,17)12-6-4-3-5-11(12)13-9-7-10(15)8-9/h3-6,9-10,13,15H,7-8H2,1-2H3. The Balaban J connectivity index is 2.26. The highest BCUT2D eigenvalue weighted by molar-refractivity contribution is 7.89. The molecule has 18 heavy (non-hydrogen) atoms. The molecule has 0 unspecified atom stereocenters. The highest BCUT2D eigenvalue weighted by Gasteiger charge is 2.29. The van der Waals surface area contributed by atoms with Crippen molar-refractivity contribution in [1.82, 2.24) is 4.31 Å². The zero-order chi connectivity index (χ0) is 13.3. The maximum atomic E-state index is 12.1. The summed E-state index contributed by atoms with van der Waals surface area (Å²) < 4.78 is 25.5. The molecule has 1 fully saturated rings. The number of nitrogens with one attached hydrogen (secondary N) is 1. The number of sulfonamides is 1. The highest BCUT2D eigenvalue weighted by atomic mass is 32.2. The molecular formula is C12H18N2O3S. The Hall–Kier alpha value is -1.11. The van der Waals surface area contributed by atoms with E-state index in [1.807, 2.05) is 0 Å². The number of anilines is 1. The van der Waals surface area contributed by atoms with E-state index in [0.29, 0.717) is 18.5 Å². The van der Waals surface area contributed by atoms with Crippen molar-refractivity contribution in [2.45, 2.75) is 29.9 Å². The van der Waals surface area contributed by atoms with E-state index < -0.39 is 10.0 Å². The molecule has 0 bridgehead atoms. The van der Waals surface area contributed by atoms with Gasteiger partial charge in [-0.1, -0.05) is 12.1 Å². The van der Waals surface area contributed by atoms with Gasteiger partial charge in [-0.15, -0.1) is 0 Å². The summed E-state index contributed by atoms with van der Waals surface area (Å²) in [6, 6.07) is 7.00. The van der Waals surface area contributed by atoms with Crippen molar-refractivity contribution in [2.75, 3.05) is 19.4 Å². The summed E-state index contributed by atoms with van der Waals surface area (Å²) in [6.07, 6.45) is 1.06. The first-order valence-corrected chi connectivity index (χ1v) is 7.31. The lowest BCUT2D eigenvalue weighted by Crippen LogP contribution is -2.39. The lowest BCUT2D eigenvalue weighted by Gasteiger charge is -2.33. The van der Waals surface area contributed by atoms with Crippen molar-refractivity contribution < 1.29 is 13.5 Å². The summed E-state index contributed by atoms with van der Waals surface area (Å²) in [5.41, 5.74) is 0.600. The predicted molar refractivity (Wildman–Crippen MR) is 70.0 cm³/mol. The molecule has 0 saturated heterocycles. The predicted octanol–water partition coefficient (Wildman–Crippen LogP) is 0.872. The molecule has 1 aliphatic carbocycles. The van der Waals surface area contributed by atoms with Gasteiger partial charge in [-0.25, -0.2) is 12.7 Å². The third-order valence-electron chi connectivity index (χ3n) is 3.12. The Labute approximate surface area is 107 Å². The van der Waals surface area contributed by atoms with Gasteiger partial charge in [0, 0.05) is 20.1 Å². The Morgan fingerprint density at radius 2 is 1.89 bits per heavy atom. The van der Waals surface area contributed by atoms with Crippen LogP contribution in [0.1, 0.15) is 12.8 Å². The zero-order valence-electron chi connectivity index (χ0n) is 10.5. The molecule has 0 heterocycles. The fourth-order valence-corrected chi connectivity index (χ4v) is 2.98. The first-order chi connectivity index (χ1) is 8.41. The van der Waals surface area contributed by atoms with Crippen LogP contribution < -0.4 is 5.32 Å². The van der Waals surface area contributed by atoms with Gasteiger partial charge in [0.2, 0.25) is 10.0 Å². The van der Waals surface area contributed by atoms with Crippen molar-refractivity contribution in [2.24, 2.45) is 0 Å². The number of benzene rings is 1. The molecule has 0 aliphatic heterocycles. The second-order valence-electron chi connectivity index (χ2n) is 4.75. The molecule has 1 aromatic carbocycles. The quantitative estimate of drug-likeness (QED) is 0.852. The molecule has 1 saturated carbocycles. The summed E-state index contributed by atoms with van der Waals surface area (Å²) in [4.78, 5) is 0.274. The Bertz CT molecular complexity index is 522. The first kappa shape index (κ1) is 13.3. The smallest absolute Gasteiger partial charge is 0.244 e. The summed E-state index contributed by atoms with van der Waals surface area (Å²) >= 11 is 0. The monoisotopic (exact) mass is 270 g/mol. The van der Waals surface area contributed by atoms with Crippen LogP contribution in [0.25, 0.3) is 0 Å². The molecule has 0 amide bonds. The average molecular weight is 270 g/mol. The van der Waals surface area contributed by atoms with Crippen LogP contribution >= 0.6 is 0 Å². The minimum atomic E-state index is -3.44. The van der Waals surface area contributed by atoms with E-state index >= 15 is 0 Å². The maximum Gasteiger partial charge on any atom is 0.244 e. The number of hydrogen-bond acceptors (Lipinski definition) is 4.